The van der Waals surface area contributed by atoms with Gasteiger partial charge in [0.2, 0.25) is 10.0 Å². The van der Waals surface area contributed by atoms with Gasteiger partial charge in [-0.05, 0) is 45.9 Å². The minimum absolute atomic E-state index is 0.0145. The summed E-state index contributed by atoms with van der Waals surface area (Å²) in [5, 5.41) is 2.33. The van der Waals surface area contributed by atoms with E-state index in [0.29, 0.717) is 0 Å². The Morgan fingerprint density at radius 1 is 1.19 bits per heavy atom. The van der Waals surface area contributed by atoms with Gasteiger partial charge in [-0.15, -0.1) is 0 Å². The Balaban J connectivity index is 2.32. The molecule has 2 aromatic rings. The Morgan fingerprint density at radius 2 is 1.81 bits per heavy atom. The van der Waals surface area contributed by atoms with Gasteiger partial charge < -0.3 is 9.88 Å². The molecule has 1 aromatic carbocycles. The van der Waals surface area contributed by atoms with Crippen LogP contribution in [-0.2, 0) is 17.1 Å². The standard InChI is InChI=1S/C17H21F2N3O3S/c1-10-12(18)6-7-13(15(10)19)20-16(23)14-8-11(9-22(14)5)26(24,25)21-17(2,3)4/h6-9,21H,1-5H3,(H,20,23). The number of anilines is 1. The molecule has 0 atom stereocenters. The van der Waals surface area contributed by atoms with Crippen LogP contribution in [0.15, 0.2) is 29.3 Å². The second-order valence-electron chi connectivity index (χ2n) is 7.02. The highest BCUT2D eigenvalue weighted by molar-refractivity contribution is 7.89. The van der Waals surface area contributed by atoms with E-state index in [1.54, 1.807) is 20.8 Å². The van der Waals surface area contributed by atoms with Gasteiger partial charge in [0, 0.05) is 24.3 Å². The summed E-state index contributed by atoms with van der Waals surface area (Å²) in [6, 6.07) is 3.34. The molecule has 1 aromatic heterocycles. The lowest BCUT2D eigenvalue weighted by atomic mass is 10.1. The highest BCUT2D eigenvalue weighted by Gasteiger charge is 2.25. The van der Waals surface area contributed by atoms with E-state index < -0.39 is 33.1 Å². The van der Waals surface area contributed by atoms with Crippen molar-refractivity contribution in [2.45, 2.75) is 38.1 Å². The molecule has 0 bridgehead atoms. The van der Waals surface area contributed by atoms with E-state index in [2.05, 4.69) is 10.0 Å². The summed E-state index contributed by atoms with van der Waals surface area (Å²) in [5.41, 5.74) is -1.08. The predicted molar refractivity (Wildman–Crippen MR) is 94.5 cm³/mol. The number of amides is 1. The molecule has 1 heterocycles. The quantitative estimate of drug-likeness (QED) is 0.849. The normalized spacial score (nSPS) is 12.3. The number of halogens is 2. The SMILES string of the molecule is Cc1c(F)ccc(NC(=O)c2cc(S(=O)(=O)NC(C)(C)C)cn2C)c1F. The van der Waals surface area contributed by atoms with Crippen LogP contribution < -0.4 is 10.0 Å². The zero-order valence-corrected chi connectivity index (χ0v) is 16.0. The van der Waals surface area contributed by atoms with Crippen molar-refractivity contribution in [3.05, 3.63) is 47.3 Å². The van der Waals surface area contributed by atoms with Crippen LogP contribution in [0.3, 0.4) is 0 Å². The van der Waals surface area contributed by atoms with E-state index in [1.807, 2.05) is 0 Å². The molecule has 9 heteroatoms. The Kier molecular flexibility index (Phi) is 5.25. The Bertz CT molecular complexity index is 960. The van der Waals surface area contributed by atoms with Crippen molar-refractivity contribution in [2.24, 2.45) is 7.05 Å². The van der Waals surface area contributed by atoms with E-state index in [1.165, 1.54) is 30.8 Å². The van der Waals surface area contributed by atoms with E-state index >= 15 is 0 Å². The zero-order chi connectivity index (χ0) is 19.9. The first kappa shape index (κ1) is 20.1. The van der Waals surface area contributed by atoms with Crippen LogP contribution in [0, 0.1) is 18.6 Å². The van der Waals surface area contributed by atoms with Crippen LogP contribution in [-0.4, -0.2) is 24.4 Å². The number of nitrogens with one attached hydrogen (secondary N) is 2. The minimum Gasteiger partial charge on any atom is -0.345 e. The van der Waals surface area contributed by atoms with Crippen LogP contribution in [0.5, 0.6) is 0 Å². The molecule has 0 saturated heterocycles. The molecular formula is C17H21F2N3O3S. The number of carbonyl (C=O) groups is 1. The van der Waals surface area contributed by atoms with Crippen LogP contribution in [0.1, 0.15) is 36.8 Å². The second-order valence-corrected chi connectivity index (χ2v) is 8.70. The van der Waals surface area contributed by atoms with Crippen molar-refractivity contribution in [1.29, 1.82) is 0 Å². The molecule has 0 fully saturated rings. The molecule has 0 aliphatic heterocycles. The first-order valence-electron chi connectivity index (χ1n) is 7.78. The molecule has 0 spiro atoms. The van der Waals surface area contributed by atoms with E-state index in [9.17, 15) is 22.0 Å². The predicted octanol–water partition coefficient (Wildman–Crippen LogP) is 2.94. The molecule has 2 rings (SSSR count). The number of sulfonamides is 1. The van der Waals surface area contributed by atoms with E-state index in [4.69, 9.17) is 0 Å². The topological polar surface area (TPSA) is 80.2 Å². The van der Waals surface area contributed by atoms with E-state index in [-0.39, 0.29) is 21.8 Å². The first-order valence-corrected chi connectivity index (χ1v) is 9.26. The molecule has 0 aliphatic rings. The van der Waals surface area contributed by atoms with Gasteiger partial charge in [0.15, 0.2) is 5.82 Å². The van der Waals surface area contributed by atoms with Crippen molar-refractivity contribution in [3.63, 3.8) is 0 Å². The third kappa shape index (κ3) is 4.28. The van der Waals surface area contributed by atoms with Gasteiger partial charge in [-0.2, -0.15) is 0 Å². The fourth-order valence-electron chi connectivity index (χ4n) is 2.31. The molecule has 2 N–H and O–H groups in total. The molecule has 0 radical (unpaired) electrons. The summed E-state index contributed by atoms with van der Waals surface area (Å²) in [6.45, 7) is 6.34. The highest BCUT2D eigenvalue weighted by atomic mass is 32.2. The number of aryl methyl sites for hydroxylation is 1. The van der Waals surface area contributed by atoms with Gasteiger partial charge in [-0.3, -0.25) is 4.79 Å². The summed E-state index contributed by atoms with van der Waals surface area (Å²) in [5.74, 6) is -2.31. The van der Waals surface area contributed by atoms with Gasteiger partial charge in [0.1, 0.15) is 16.4 Å². The van der Waals surface area contributed by atoms with Crippen LogP contribution >= 0.6 is 0 Å². The number of benzene rings is 1. The van der Waals surface area contributed by atoms with Gasteiger partial charge in [0.05, 0.1) is 5.69 Å². The van der Waals surface area contributed by atoms with Crippen LogP contribution in [0.25, 0.3) is 0 Å². The number of hydrogen-bond donors (Lipinski definition) is 2. The third-order valence-electron chi connectivity index (χ3n) is 3.53. The molecule has 0 saturated carbocycles. The van der Waals surface area contributed by atoms with Gasteiger partial charge >= 0.3 is 0 Å². The summed E-state index contributed by atoms with van der Waals surface area (Å²) >= 11 is 0. The summed E-state index contributed by atoms with van der Waals surface area (Å²) < 4.78 is 55.9. The molecule has 26 heavy (non-hydrogen) atoms. The van der Waals surface area contributed by atoms with Crippen molar-refractivity contribution in [1.82, 2.24) is 9.29 Å². The van der Waals surface area contributed by atoms with E-state index in [0.717, 1.165) is 12.1 Å². The fraction of sp³-hybridized carbons (Fsp3) is 0.353. The number of rotatable bonds is 4. The Labute approximate surface area is 151 Å². The van der Waals surface area contributed by atoms with Gasteiger partial charge in [-0.25, -0.2) is 21.9 Å². The van der Waals surface area contributed by atoms with Gasteiger partial charge in [-0.1, -0.05) is 0 Å². The maximum atomic E-state index is 14.1. The maximum Gasteiger partial charge on any atom is 0.272 e. The zero-order valence-electron chi connectivity index (χ0n) is 15.1. The first-order chi connectivity index (χ1) is 11.8. The smallest absolute Gasteiger partial charge is 0.272 e. The number of carbonyl (C=O) groups excluding carboxylic acids is 1. The molecule has 6 nitrogen and oxygen atoms in total. The number of aromatic nitrogens is 1. The molecule has 0 aliphatic carbocycles. The summed E-state index contributed by atoms with van der Waals surface area (Å²) in [6.07, 6.45) is 1.29. The lowest BCUT2D eigenvalue weighted by Crippen LogP contribution is -2.40. The average Bonchev–Trinajstić information content (AvgIpc) is 2.88. The third-order valence-corrected chi connectivity index (χ3v) is 5.26. The summed E-state index contributed by atoms with van der Waals surface area (Å²) in [7, 11) is -2.32. The molecule has 0 unspecified atom stereocenters. The van der Waals surface area contributed by atoms with Crippen LogP contribution in [0.2, 0.25) is 0 Å². The summed E-state index contributed by atoms with van der Waals surface area (Å²) in [4.78, 5) is 12.3. The minimum atomic E-state index is -3.82. The van der Waals surface area contributed by atoms with Crippen molar-refractivity contribution in [2.75, 3.05) is 5.32 Å². The Hall–Kier alpha value is -2.26. The average molecular weight is 385 g/mol. The van der Waals surface area contributed by atoms with Crippen LogP contribution in [0.4, 0.5) is 14.5 Å². The number of nitrogens with zero attached hydrogens (tertiary/aromatic N) is 1. The van der Waals surface area contributed by atoms with Crippen molar-refractivity contribution >= 4 is 21.6 Å². The highest BCUT2D eigenvalue weighted by Crippen LogP contribution is 2.22. The molecule has 1 amide bonds. The molecular weight excluding hydrogens is 364 g/mol. The van der Waals surface area contributed by atoms with Gasteiger partial charge in [0.25, 0.3) is 5.91 Å². The monoisotopic (exact) mass is 385 g/mol. The lowest BCUT2D eigenvalue weighted by Gasteiger charge is -2.19. The largest absolute Gasteiger partial charge is 0.345 e. The molecule has 142 valence electrons. The second kappa shape index (κ2) is 6.81. The number of hydrogen-bond acceptors (Lipinski definition) is 3. The van der Waals surface area contributed by atoms with Crippen molar-refractivity contribution in [3.8, 4) is 0 Å². The van der Waals surface area contributed by atoms with Crippen molar-refractivity contribution < 1.29 is 22.0 Å². The lowest BCUT2D eigenvalue weighted by molar-refractivity contribution is 0.101. The fourth-order valence-corrected chi connectivity index (χ4v) is 3.80. The maximum absolute atomic E-state index is 14.1. The Morgan fingerprint density at radius 3 is 2.38 bits per heavy atom.